The fraction of sp³-hybridized carbons (Fsp3) is 0. The minimum Gasteiger partial charge on any atom is -0.264 e. The van der Waals surface area contributed by atoms with Gasteiger partial charge < -0.3 is 0 Å². The third kappa shape index (κ3) is 11.5. The summed E-state index contributed by atoms with van der Waals surface area (Å²) in [6.07, 6.45) is 20.4. The van der Waals surface area contributed by atoms with Gasteiger partial charge in [0.25, 0.3) is 0 Å². The van der Waals surface area contributed by atoms with Gasteiger partial charge in [-0.2, -0.15) is 0 Å². The van der Waals surface area contributed by atoms with Crippen molar-refractivity contribution < 1.29 is 0 Å². The highest BCUT2D eigenvalue weighted by Gasteiger charge is 2.16. The summed E-state index contributed by atoms with van der Waals surface area (Å²) in [5.41, 5.74) is 28.4. The molecule has 0 unspecified atom stereocenters. The van der Waals surface area contributed by atoms with Crippen molar-refractivity contribution in [2.75, 3.05) is 0 Å². The van der Waals surface area contributed by atoms with E-state index in [9.17, 15) is 0 Å². The number of benzene rings is 9. The average Bonchev–Trinajstić information content (AvgIpc) is 1.06. The van der Waals surface area contributed by atoms with Crippen molar-refractivity contribution in [2.45, 2.75) is 0 Å². The van der Waals surface area contributed by atoms with Gasteiger partial charge in [0, 0.05) is 118 Å². The lowest BCUT2D eigenvalue weighted by Crippen LogP contribution is -1.92. The minimum absolute atomic E-state index is 0.915. The molecule has 8 heterocycles. The average molecular weight is 1200 g/mol. The highest BCUT2D eigenvalue weighted by Crippen LogP contribution is 2.40. The number of hydrogen-bond acceptors (Lipinski definition) is 8. The molecule has 0 N–H and O–H groups in total. The summed E-state index contributed by atoms with van der Waals surface area (Å²) in [5, 5.41) is 4.38. The van der Waals surface area contributed by atoms with Gasteiger partial charge in [0.2, 0.25) is 0 Å². The van der Waals surface area contributed by atoms with E-state index in [1.807, 2.05) is 85.8 Å². The summed E-state index contributed by atoms with van der Waals surface area (Å²) < 4.78 is 0. The van der Waals surface area contributed by atoms with Gasteiger partial charge in [0.1, 0.15) is 0 Å². The molecule has 0 saturated carbocycles. The van der Waals surface area contributed by atoms with Crippen LogP contribution in [0.2, 0.25) is 0 Å². The number of nitrogens with zero attached hydrogens (tertiary/aromatic N) is 8. The van der Waals surface area contributed by atoms with Gasteiger partial charge in [-0.25, -0.2) is 4.98 Å². The maximum absolute atomic E-state index is 5.13. The van der Waals surface area contributed by atoms with Crippen LogP contribution in [0.25, 0.3) is 166 Å². The van der Waals surface area contributed by atoms with Crippen molar-refractivity contribution in [3.8, 4) is 123 Å². The van der Waals surface area contributed by atoms with E-state index < -0.39 is 0 Å². The molecule has 0 aliphatic carbocycles. The van der Waals surface area contributed by atoms with Gasteiger partial charge >= 0.3 is 0 Å². The van der Waals surface area contributed by atoms with E-state index in [0.717, 1.165) is 155 Å². The Balaban J connectivity index is 0.000000150. The molecule has 0 aliphatic rings. The molecule has 8 heteroatoms. The van der Waals surface area contributed by atoms with Crippen LogP contribution in [-0.2, 0) is 0 Å². The van der Waals surface area contributed by atoms with Crippen LogP contribution >= 0.6 is 0 Å². The molecule has 8 aromatic heterocycles. The van der Waals surface area contributed by atoms with Crippen molar-refractivity contribution in [2.24, 2.45) is 0 Å². The standard InChI is InChI=1S/C46H30N4.C40H26N4/c1-2-7-35(8-3-1)44-28-43(42-21-20-36-9-6-24-49-45(36)46(42)50-44)34-18-16-32(17-19-34)31-12-14-33(15-13-31)39-25-40(37-10-4-22-47-29-37)27-41(26-39)38-11-5-23-48-30-38;1-5-32(25-41-18-1)35-22-34(23-36(24-35)33-6-2-19-42-26-33)29-9-7-27(8-10-29)28-11-13-30(14-12-28)37-17-21-44-40-38(37)16-15-31-4-3-20-43-39(31)40/h1-30H;1-26H. The Hall–Kier alpha value is -12.8. The second-order valence-electron chi connectivity index (χ2n) is 23.2. The molecule has 0 amide bonds. The van der Waals surface area contributed by atoms with Crippen LogP contribution in [0, 0.1) is 0 Å². The SMILES string of the molecule is c1ccc(-c2cc(-c3ccc(-c4ccc(-c5cc(-c6cccnc6)cc(-c6cccnc6)c5)cc4)cc3)c3ccc4cccnc4c3n2)cc1.c1cncc(-c2cc(-c3ccc(-c4ccc(-c5ccnc6c5ccc5cccnc56)cc4)cc3)cc(-c3cccnc3)c2)c1. The first kappa shape index (κ1) is 56.5. The maximum Gasteiger partial charge on any atom is 0.0978 e. The van der Waals surface area contributed by atoms with Crippen molar-refractivity contribution in [3.05, 3.63) is 341 Å². The molecule has 9 aromatic carbocycles. The number of rotatable bonds is 11. The zero-order chi connectivity index (χ0) is 62.6. The Morgan fingerprint density at radius 2 is 0.511 bits per heavy atom. The summed E-state index contributed by atoms with van der Waals surface area (Å²) in [7, 11) is 0. The van der Waals surface area contributed by atoms with Gasteiger partial charge in [-0.3, -0.25) is 34.9 Å². The van der Waals surface area contributed by atoms with Crippen LogP contribution < -0.4 is 0 Å². The van der Waals surface area contributed by atoms with Crippen LogP contribution in [0.1, 0.15) is 0 Å². The number of pyridine rings is 8. The van der Waals surface area contributed by atoms with E-state index in [1.165, 1.54) is 11.1 Å². The lowest BCUT2D eigenvalue weighted by Gasteiger charge is -2.13. The molecule has 0 atom stereocenters. The van der Waals surface area contributed by atoms with E-state index in [2.05, 4.69) is 260 Å². The molecule has 440 valence electrons. The van der Waals surface area contributed by atoms with Crippen LogP contribution in [0.15, 0.2) is 341 Å². The Bertz CT molecular complexity index is 5430. The fourth-order valence-electron chi connectivity index (χ4n) is 12.6. The molecule has 17 rings (SSSR count). The molecular weight excluding hydrogens is 1150 g/mol. The second kappa shape index (κ2) is 25.2. The third-order valence-corrected chi connectivity index (χ3v) is 17.4. The first-order valence-electron chi connectivity index (χ1n) is 31.3. The largest absolute Gasteiger partial charge is 0.264 e. The summed E-state index contributed by atoms with van der Waals surface area (Å²) in [4.78, 5) is 36.6. The van der Waals surface area contributed by atoms with Gasteiger partial charge in [-0.05, 0) is 174 Å². The van der Waals surface area contributed by atoms with Crippen molar-refractivity contribution in [1.82, 2.24) is 39.9 Å². The molecular formula is C86H56N8. The molecule has 0 saturated heterocycles. The van der Waals surface area contributed by atoms with E-state index in [-0.39, 0.29) is 0 Å². The van der Waals surface area contributed by atoms with Gasteiger partial charge in [0.05, 0.1) is 27.8 Å². The first-order valence-corrected chi connectivity index (χ1v) is 31.3. The van der Waals surface area contributed by atoms with Gasteiger partial charge in [-0.1, -0.05) is 188 Å². The third-order valence-electron chi connectivity index (χ3n) is 17.4. The van der Waals surface area contributed by atoms with Gasteiger partial charge in [-0.15, -0.1) is 0 Å². The van der Waals surface area contributed by atoms with E-state index in [0.29, 0.717) is 0 Å². The number of fused-ring (bicyclic) bond motifs is 6. The van der Waals surface area contributed by atoms with E-state index in [1.54, 1.807) is 24.8 Å². The smallest absolute Gasteiger partial charge is 0.0978 e. The molecule has 0 aliphatic heterocycles. The van der Waals surface area contributed by atoms with Crippen molar-refractivity contribution in [3.63, 3.8) is 0 Å². The summed E-state index contributed by atoms with van der Waals surface area (Å²) in [5.74, 6) is 0. The minimum atomic E-state index is 0.915. The van der Waals surface area contributed by atoms with Crippen LogP contribution in [-0.4, -0.2) is 39.9 Å². The Kier molecular flexibility index (Phi) is 15.2. The molecule has 0 fully saturated rings. The zero-order valence-corrected chi connectivity index (χ0v) is 50.9. The predicted octanol–water partition coefficient (Wildman–Crippen LogP) is 21.5. The van der Waals surface area contributed by atoms with Crippen LogP contribution in [0.3, 0.4) is 0 Å². The van der Waals surface area contributed by atoms with E-state index >= 15 is 0 Å². The highest BCUT2D eigenvalue weighted by molar-refractivity contribution is 6.10. The Morgan fingerprint density at radius 1 is 0.181 bits per heavy atom. The van der Waals surface area contributed by atoms with Crippen LogP contribution in [0.4, 0.5) is 0 Å². The number of hydrogen-bond donors (Lipinski definition) is 0. The summed E-state index contributed by atoms with van der Waals surface area (Å²) in [6.45, 7) is 0. The topological polar surface area (TPSA) is 103 Å². The summed E-state index contributed by atoms with van der Waals surface area (Å²) >= 11 is 0. The molecule has 17 aromatic rings. The van der Waals surface area contributed by atoms with E-state index in [4.69, 9.17) is 9.97 Å². The molecule has 0 spiro atoms. The first-order chi connectivity index (χ1) is 46.6. The predicted molar refractivity (Wildman–Crippen MR) is 385 cm³/mol. The van der Waals surface area contributed by atoms with Crippen LogP contribution in [0.5, 0.6) is 0 Å². The highest BCUT2D eigenvalue weighted by atomic mass is 14.8. The lowest BCUT2D eigenvalue weighted by atomic mass is 9.93. The molecule has 0 radical (unpaired) electrons. The Labute approximate surface area is 544 Å². The lowest BCUT2D eigenvalue weighted by molar-refractivity contribution is 1.32. The fourth-order valence-corrected chi connectivity index (χ4v) is 12.6. The molecule has 0 bridgehead atoms. The summed E-state index contributed by atoms with van der Waals surface area (Å²) in [6, 6.07) is 96.2. The maximum atomic E-state index is 5.13. The zero-order valence-electron chi connectivity index (χ0n) is 50.9. The second-order valence-corrected chi connectivity index (χ2v) is 23.2. The quantitative estimate of drug-likeness (QED) is 0.118. The van der Waals surface area contributed by atoms with Crippen molar-refractivity contribution in [1.29, 1.82) is 0 Å². The van der Waals surface area contributed by atoms with Crippen molar-refractivity contribution >= 4 is 43.6 Å². The molecule has 94 heavy (non-hydrogen) atoms. The van der Waals surface area contributed by atoms with Gasteiger partial charge in [0.15, 0.2) is 0 Å². The Morgan fingerprint density at radius 3 is 0.915 bits per heavy atom. The normalized spacial score (nSPS) is 11.2. The monoisotopic (exact) mass is 1200 g/mol. The number of aromatic nitrogens is 8. The molecule has 8 nitrogen and oxygen atoms in total.